The molecule has 2 aromatic carbocycles. The fourth-order valence-corrected chi connectivity index (χ4v) is 3.07. The minimum Gasteiger partial charge on any atom is -0.454 e. The third kappa shape index (κ3) is 3.01. The number of H-pyrrole nitrogens is 1. The Balaban J connectivity index is 1.42. The van der Waals surface area contributed by atoms with Gasteiger partial charge in [0.25, 0.3) is 5.69 Å². The topological polar surface area (TPSA) is 89.4 Å². The Morgan fingerprint density at radius 3 is 2.80 bits per heavy atom. The number of aromatic amines is 1. The summed E-state index contributed by atoms with van der Waals surface area (Å²) in [5, 5.41) is 15.7. The maximum absolute atomic E-state index is 11.3. The summed E-state index contributed by atoms with van der Waals surface area (Å²) in [5.41, 5.74) is 2.98. The van der Waals surface area contributed by atoms with Crippen LogP contribution >= 0.6 is 0 Å². The van der Waals surface area contributed by atoms with Gasteiger partial charge in [0.2, 0.25) is 6.79 Å². The lowest BCUT2D eigenvalue weighted by Crippen LogP contribution is -2.17. The van der Waals surface area contributed by atoms with Crippen LogP contribution in [0.4, 0.5) is 5.69 Å². The lowest BCUT2D eigenvalue weighted by atomic mass is 10.1. The number of rotatable bonds is 6. The number of nitro groups is 1. The first-order valence-electron chi connectivity index (χ1n) is 8.05. The zero-order chi connectivity index (χ0) is 17.2. The van der Waals surface area contributed by atoms with Crippen molar-refractivity contribution >= 4 is 16.6 Å². The molecule has 7 heteroatoms. The molecule has 0 amide bonds. The molecule has 0 bridgehead atoms. The summed E-state index contributed by atoms with van der Waals surface area (Å²) in [4.78, 5) is 14.1. The van der Waals surface area contributed by atoms with Gasteiger partial charge in [-0.1, -0.05) is 18.2 Å². The predicted octanol–water partition coefficient (Wildman–Crippen LogP) is 3.14. The van der Waals surface area contributed by atoms with Gasteiger partial charge >= 0.3 is 0 Å². The lowest BCUT2D eigenvalue weighted by Gasteiger charge is -2.07. The molecule has 3 aromatic rings. The number of hydrogen-bond donors (Lipinski definition) is 2. The van der Waals surface area contributed by atoms with Crippen LogP contribution in [0, 0.1) is 10.1 Å². The third-order valence-corrected chi connectivity index (χ3v) is 4.33. The van der Waals surface area contributed by atoms with Crippen molar-refractivity contribution in [1.29, 1.82) is 0 Å². The van der Waals surface area contributed by atoms with Crippen molar-refractivity contribution in [2.75, 3.05) is 13.3 Å². The second kappa shape index (κ2) is 6.45. The molecule has 0 atom stereocenters. The van der Waals surface area contributed by atoms with Gasteiger partial charge in [0.15, 0.2) is 11.5 Å². The van der Waals surface area contributed by atoms with E-state index in [0.29, 0.717) is 30.2 Å². The normalized spacial score (nSPS) is 12.6. The van der Waals surface area contributed by atoms with Crippen LogP contribution in [0.3, 0.4) is 0 Å². The van der Waals surface area contributed by atoms with Gasteiger partial charge in [-0.15, -0.1) is 0 Å². The van der Waals surface area contributed by atoms with Crippen LogP contribution in [-0.4, -0.2) is 23.2 Å². The molecule has 1 aromatic heterocycles. The molecule has 7 nitrogen and oxygen atoms in total. The van der Waals surface area contributed by atoms with Gasteiger partial charge in [0.1, 0.15) is 0 Å². The van der Waals surface area contributed by atoms with Gasteiger partial charge in [0.05, 0.1) is 11.0 Å². The van der Waals surface area contributed by atoms with Crippen LogP contribution in [0.25, 0.3) is 10.9 Å². The summed E-state index contributed by atoms with van der Waals surface area (Å²) in [5.74, 6) is 0.980. The molecule has 2 heterocycles. The van der Waals surface area contributed by atoms with E-state index in [9.17, 15) is 10.1 Å². The maximum Gasteiger partial charge on any atom is 0.277 e. The van der Waals surface area contributed by atoms with Gasteiger partial charge in [0, 0.05) is 29.2 Å². The smallest absolute Gasteiger partial charge is 0.277 e. The zero-order valence-electron chi connectivity index (χ0n) is 13.5. The number of nitrogens with zero attached hydrogens (tertiary/aromatic N) is 1. The summed E-state index contributed by atoms with van der Waals surface area (Å²) in [6, 6.07) is 11.3. The molecule has 25 heavy (non-hydrogen) atoms. The Morgan fingerprint density at radius 1 is 1.16 bits per heavy atom. The number of nitrogens with one attached hydrogen (secondary N) is 2. The molecule has 4 rings (SSSR count). The van der Waals surface area contributed by atoms with E-state index in [-0.39, 0.29) is 12.5 Å². The van der Waals surface area contributed by atoms with E-state index in [1.54, 1.807) is 6.07 Å². The Kier molecular flexibility index (Phi) is 3.99. The average molecular weight is 339 g/mol. The number of nitro benzene ring substituents is 1. The Hall–Kier alpha value is -3.06. The van der Waals surface area contributed by atoms with Crippen molar-refractivity contribution in [3.8, 4) is 11.5 Å². The van der Waals surface area contributed by atoms with Gasteiger partial charge < -0.3 is 19.8 Å². The van der Waals surface area contributed by atoms with Crippen LogP contribution in [0.1, 0.15) is 11.1 Å². The zero-order valence-corrected chi connectivity index (χ0v) is 13.5. The molecule has 2 N–H and O–H groups in total. The Bertz CT molecular complexity index is 935. The second-order valence-corrected chi connectivity index (χ2v) is 5.88. The molecular formula is C18H17N3O4. The van der Waals surface area contributed by atoms with Crippen LogP contribution in [-0.2, 0) is 13.0 Å². The molecule has 1 aliphatic heterocycles. The van der Waals surface area contributed by atoms with E-state index >= 15 is 0 Å². The molecule has 0 unspecified atom stereocenters. The summed E-state index contributed by atoms with van der Waals surface area (Å²) < 4.78 is 10.5. The quantitative estimate of drug-likeness (QED) is 0.409. The second-order valence-electron chi connectivity index (χ2n) is 5.88. The van der Waals surface area contributed by atoms with Crippen molar-refractivity contribution in [3.05, 3.63) is 63.8 Å². The van der Waals surface area contributed by atoms with E-state index < -0.39 is 4.92 Å². The Labute approximate surface area is 143 Å². The summed E-state index contributed by atoms with van der Waals surface area (Å²) in [6.45, 7) is 1.21. The monoisotopic (exact) mass is 339 g/mol. The number of aromatic nitrogens is 1. The van der Waals surface area contributed by atoms with Gasteiger partial charge in [-0.3, -0.25) is 10.1 Å². The largest absolute Gasteiger partial charge is 0.454 e. The van der Waals surface area contributed by atoms with Gasteiger partial charge in [-0.2, -0.15) is 0 Å². The van der Waals surface area contributed by atoms with E-state index in [1.807, 2.05) is 24.4 Å². The maximum atomic E-state index is 11.3. The van der Waals surface area contributed by atoms with Crippen molar-refractivity contribution < 1.29 is 14.4 Å². The van der Waals surface area contributed by atoms with Crippen molar-refractivity contribution in [2.24, 2.45) is 0 Å². The molecule has 0 spiro atoms. The fraction of sp³-hybridized carbons (Fsp3) is 0.222. The number of para-hydroxylation sites is 1. The Morgan fingerprint density at radius 2 is 1.96 bits per heavy atom. The molecule has 1 aliphatic rings. The first-order chi connectivity index (χ1) is 12.2. The van der Waals surface area contributed by atoms with Crippen LogP contribution < -0.4 is 14.8 Å². The highest BCUT2D eigenvalue weighted by Crippen LogP contribution is 2.37. The highest BCUT2D eigenvalue weighted by Gasteiger charge is 2.22. The molecule has 0 saturated heterocycles. The van der Waals surface area contributed by atoms with E-state index in [2.05, 4.69) is 16.4 Å². The molecule has 0 saturated carbocycles. The van der Waals surface area contributed by atoms with Crippen LogP contribution in [0.5, 0.6) is 11.5 Å². The summed E-state index contributed by atoms with van der Waals surface area (Å²) in [6.07, 6.45) is 2.84. The van der Waals surface area contributed by atoms with E-state index in [0.717, 1.165) is 11.9 Å². The fourth-order valence-electron chi connectivity index (χ4n) is 3.07. The summed E-state index contributed by atoms with van der Waals surface area (Å²) in [7, 11) is 0. The van der Waals surface area contributed by atoms with E-state index in [1.165, 1.54) is 17.0 Å². The molecule has 0 radical (unpaired) electrons. The third-order valence-electron chi connectivity index (χ3n) is 4.33. The highest BCUT2D eigenvalue weighted by molar-refractivity contribution is 5.83. The van der Waals surface area contributed by atoms with Gasteiger partial charge in [-0.25, -0.2) is 0 Å². The number of ether oxygens (including phenoxy) is 2. The first kappa shape index (κ1) is 15.5. The molecule has 0 fully saturated rings. The first-order valence-corrected chi connectivity index (χ1v) is 8.05. The number of fused-ring (bicyclic) bond motifs is 2. The van der Waals surface area contributed by atoms with Crippen LogP contribution in [0.2, 0.25) is 0 Å². The number of hydrogen-bond acceptors (Lipinski definition) is 5. The summed E-state index contributed by atoms with van der Waals surface area (Å²) >= 11 is 0. The van der Waals surface area contributed by atoms with Crippen molar-refractivity contribution in [2.45, 2.75) is 13.0 Å². The molecule has 0 aliphatic carbocycles. The highest BCUT2D eigenvalue weighted by atomic mass is 16.7. The minimum absolute atomic E-state index is 0.0452. The van der Waals surface area contributed by atoms with Crippen LogP contribution in [0.15, 0.2) is 42.6 Å². The lowest BCUT2D eigenvalue weighted by molar-refractivity contribution is -0.385. The predicted molar refractivity (Wildman–Crippen MR) is 92.9 cm³/mol. The minimum atomic E-state index is -0.390. The van der Waals surface area contributed by atoms with Gasteiger partial charge in [-0.05, 0) is 30.7 Å². The number of benzene rings is 2. The van der Waals surface area contributed by atoms with Crippen molar-refractivity contribution in [3.63, 3.8) is 0 Å². The molecular weight excluding hydrogens is 322 g/mol. The molecule has 128 valence electrons. The standard InChI is InChI=1S/C18H17N3O4/c22-21(23)16-8-18-17(24-11-25-18)7-13(16)9-19-6-5-12-10-20-15-4-2-1-3-14(12)15/h1-4,7-8,10,19-20H,5-6,9,11H2. The average Bonchev–Trinajstić information content (AvgIpc) is 3.24. The van der Waals surface area contributed by atoms with E-state index in [4.69, 9.17) is 9.47 Å². The SMILES string of the molecule is O=[N+]([O-])c1cc2c(cc1CNCCc1c[nH]c3ccccc13)OCO2. The van der Waals surface area contributed by atoms with Crippen molar-refractivity contribution in [1.82, 2.24) is 10.3 Å².